The maximum Gasteiger partial charge on any atom is 0.145 e. The van der Waals surface area contributed by atoms with Crippen molar-refractivity contribution in [3.63, 3.8) is 0 Å². The molecule has 0 amide bonds. The van der Waals surface area contributed by atoms with E-state index >= 15 is 0 Å². The Morgan fingerprint density at radius 3 is 2.61 bits per heavy atom. The van der Waals surface area contributed by atoms with Crippen LogP contribution in [0.25, 0.3) is 10.9 Å². The Labute approximate surface area is 137 Å². The van der Waals surface area contributed by atoms with Gasteiger partial charge in [0, 0.05) is 22.5 Å². The van der Waals surface area contributed by atoms with Gasteiger partial charge in [-0.2, -0.15) is 0 Å². The van der Waals surface area contributed by atoms with Crippen LogP contribution < -0.4 is 10.1 Å². The standard InChI is InChI=1S/C20H22N2O/c1-5-15-9-6-8-13(2)19(15)22-17-12-14(3)21-20-16(17)10-7-11-18(20)23-4/h6-12H,5H2,1-4H3,(H,21,22). The summed E-state index contributed by atoms with van der Waals surface area (Å²) in [5, 5.41) is 4.70. The van der Waals surface area contributed by atoms with Crippen LogP contribution in [0.3, 0.4) is 0 Å². The minimum Gasteiger partial charge on any atom is -0.494 e. The van der Waals surface area contributed by atoms with E-state index in [1.54, 1.807) is 7.11 Å². The number of anilines is 2. The number of benzene rings is 2. The lowest BCUT2D eigenvalue weighted by atomic mass is 10.0. The Kier molecular flexibility index (Phi) is 4.20. The predicted octanol–water partition coefficient (Wildman–Crippen LogP) is 5.17. The van der Waals surface area contributed by atoms with Crippen LogP contribution in [0, 0.1) is 13.8 Å². The lowest BCUT2D eigenvalue weighted by Crippen LogP contribution is -2.00. The fourth-order valence-corrected chi connectivity index (χ4v) is 2.96. The van der Waals surface area contributed by atoms with Gasteiger partial charge in [-0.15, -0.1) is 0 Å². The topological polar surface area (TPSA) is 34.2 Å². The maximum absolute atomic E-state index is 5.47. The molecule has 3 aromatic rings. The van der Waals surface area contributed by atoms with Gasteiger partial charge in [-0.3, -0.25) is 0 Å². The van der Waals surface area contributed by atoms with Gasteiger partial charge in [-0.05, 0) is 43.5 Å². The Balaban J connectivity index is 2.18. The van der Waals surface area contributed by atoms with Gasteiger partial charge in [-0.25, -0.2) is 4.98 Å². The summed E-state index contributed by atoms with van der Waals surface area (Å²) in [5.41, 5.74) is 6.67. The van der Waals surface area contributed by atoms with Gasteiger partial charge < -0.3 is 10.1 Å². The highest BCUT2D eigenvalue weighted by Gasteiger charge is 2.11. The molecule has 23 heavy (non-hydrogen) atoms. The summed E-state index contributed by atoms with van der Waals surface area (Å²) < 4.78 is 5.47. The fourth-order valence-electron chi connectivity index (χ4n) is 2.96. The van der Waals surface area contributed by atoms with Gasteiger partial charge in [0.2, 0.25) is 0 Å². The molecular formula is C20H22N2O. The third-order valence-electron chi connectivity index (χ3n) is 4.15. The van der Waals surface area contributed by atoms with Gasteiger partial charge in [0.05, 0.1) is 7.11 Å². The molecule has 1 aromatic heterocycles. The molecule has 0 unspecified atom stereocenters. The highest BCUT2D eigenvalue weighted by atomic mass is 16.5. The molecule has 3 heteroatoms. The van der Waals surface area contributed by atoms with Crippen molar-refractivity contribution in [1.82, 2.24) is 4.98 Å². The van der Waals surface area contributed by atoms with Crippen molar-refractivity contribution in [2.24, 2.45) is 0 Å². The largest absolute Gasteiger partial charge is 0.494 e. The Hall–Kier alpha value is -2.55. The summed E-state index contributed by atoms with van der Waals surface area (Å²) >= 11 is 0. The van der Waals surface area contributed by atoms with E-state index < -0.39 is 0 Å². The molecule has 3 nitrogen and oxygen atoms in total. The van der Waals surface area contributed by atoms with Crippen LogP contribution in [0.15, 0.2) is 42.5 Å². The van der Waals surface area contributed by atoms with Crippen LogP contribution in [0.4, 0.5) is 11.4 Å². The summed E-state index contributed by atoms with van der Waals surface area (Å²) in [6.45, 7) is 6.33. The second kappa shape index (κ2) is 6.29. The molecule has 0 bridgehead atoms. The van der Waals surface area contributed by atoms with E-state index in [1.807, 2.05) is 19.1 Å². The molecule has 118 valence electrons. The van der Waals surface area contributed by atoms with Crippen molar-refractivity contribution in [3.8, 4) is 5.75 Å². The van der Waals surface area contributed by atoms with Gasteiger partial charge in [0.15, 0.2) is 0 Å². The zero-order valence-electron chi connectivity index (χ0n) is 14.1. The molecule has 0 spiro atoms. The van der Waals surface area contributed by atoms with E-state index in [2.05, 4.69) is 54.5 Å². The maximum atomic E-state index is 5.47. The van der Waals surface area contributed by atoms with Crippen molar-refractivity contribution in [2.75, 3.05) is 12.4 Å². The zero-order valence-corrected chi connectivity index (χ0v) is 14.1. The first-order valence-electron chi connectivity index (χ1n) is 7.94. The molecule has 1 N–H and O–H groups in total. The van der Waals surface area contributed by atoms with E-state index in [1.165, 1.54) is 16.8 Å². The lowest BCUT2D eigenvalue weighted by Gasteiger charge is -2.17. The van der Waals surface area contributed by atoms with Crippen molar-refractivity contribution in [2.45, 2.75) is 27.2 Å². The summed E-state index contributed by atoms with van der Waals surface area (Å²) in [7, 11) is 1.68. The monoisotopic (exact) mass is 306 g/mol. The summed E-state index contributed by atoms with van der Waals surface area (Å²) in [6, 6.07) is 14.5. The quantitative estimate of drug-likeness (QED) is 0.722. The molecule has 1 heterocycles. The highest BCUT2D eigenvalue weighted by molar-refractivity contribution is 5.96. The molecular weight excluding hydrogens is 284 g/mol. The highest BCUT2D eigenvalue weighted by Crippen LogP contribution is 2.33. The van der Waals surface area contributed by atoms with E-state index in [0.29, 0.717) is 0 Å². The number of pyridine rings is 1. The lowest BCUT2D eigenvalue weighted by molar-refractivity contribution is 0.419. The van der Waals surface area contributed by atoms with E-state index in [-0.39, 0.29) is 0 Å². The number of para-hydroxylation sites is 2. The van der Waals surface area contributed by atoms with E-state index in [9.17, 15) is 0 Å². The normalized spacial score (nSPS) is 10.8. The SMILES string of the molecule is CCc1cccc(C)c1Nc1cc(C)nc2c(OC)cccc12. The number of aryl methyl sites for hydroxylation is 3. The number of hydrogen-bond donors (Lipinski definition) is 1. The number of rotatable bonds is 4. The minimum atomic E-state index is 0.801. The molecule has 0 radical (unpaired) electrons. The van der Waals surface area contributed by atoms with Crippen LogP contribution in [0.1, 0.15) is 23.7 Å². The fraction of sp³-hybridized carbons (Fsp3) is 0.250. The number of hydrogen-bond acceptors (Lipinski definition) is 3. The zero-order chi connectivity index (χ0) is 16.4. The second-order valence-electron chi connectivity index (χ2n) is 5.76. The Bertz CT molecular complexity index is 856. The van der Waals surface area contributed by atoms with Crippen LogP contribution in [0.5, 0.6) is 5.75 Å². The molecule has 0 saturated carbocycles. The van der Waals surface area contributed by atoms with Crippen LogP contribution >= 0.6 is 0 Å². The number of methoxy groups -OCH3 is 1. The van der Waals surface area contributed by atoms with Gasteiger partial charge in [-0.1, -0.05) is 37.3 Å². The third kappa shape index (κ3) is 2.87. The first kappa shape index (κ1) is 15.3. The smallest absolute Gasteiger partial charge is 0.145 e. The molecule has 0 aliphatic heterocycles. The predicted molar refractivity (Wildman–Crippen MR) is 96.9 cm³/mol. The van der Waals surface area contributed by atoms with Gasteiger partial charge in [0.25, 0.3) is 0 Å². The minimum absolute atomic E-state index is 0.801. The number of fused-ring (bicyclic) bond motifs is 1. The van der Waals surface area contributed by atoms with E-state index in [0.717, 1.165) is 34.5 Å². The summed E-state index contributed by atoms with van der Waals surface area (Å²) in [6.07, 6.45) is 0.995. The van der Waals surface area contributed by atoms with Crippen molar-refractivity contribution in [1.29, 1.82) is 0 Å². The van der Waals surface area contributed by atoms with Crippen LogP contribution in [-0.4, -0.2) is 12.1 Å². The average Bonchev–Trinajstić information content (AvgIpc) is 2.56. The Morgan fingerprint density at radius 2 is 1.87 bits per heavy atom. The van der Waals surface area contributed by atoms with Crippen LogP contribution in [0.2, 0.25) is 0 Å². The number of aromatic nitrogens is 1. The number of nitrogens with one attached hydrogen (secondary N) is 1. The summed E-state index contributed by atoms with van der Waals surface area (Å²) in [4.78, 5) is 4.65. The van der Waals surface area contributed by atoms with Gasteiger partial charge >= 0.3 is 0 Å². The number of ether oxygens (including phenoxy) is 1. The van der Waals surface area contributed by atoms with Crippen molar-refractivity contribution in [3.05, 3.63) is 59.3 Å². The molecule has 0 aliphatic rings. The summed E-state index contributed by atoms with van der Waals surface area (Å²) in [5.74, 6) is 0.801. The average molecular weight is 306 g/mol. The second-order valence-corrected chi connectivity index (χ2v) is 5.76. The molecule has 3 rings (SSSR count). The molecule has 0 aliphatic carbocycles. The van der Waals surface area contributed by atoms with E-state index in [4.69, 9.17) is 4.74 Å². The first-order chi connectivity index (χ1) is 11.1. The van der Waals surface area contributed by atoms with Crippen LogP contribution in [-0.2, 0) is 6.42 Å². The van der Waals surface area contributed by atoms with Crippen molar-refractivity contribution >= 4 is 22.3 Å². The third-order valence-corrected chi connectivity index (χ3v) is 4.15. The number of nitrogens with zero attached hydrogens (tertiary/aromatic N) is 1. The molecule has 2 aromatic carbocycles. The Morgan fingerprint density at radius 1 is 1.09 bits per heavy atom. The molecule has 0 atom stereocenters. The van der Waals surface area contributed by atoms with Gasteiger partial charge in [0.1, 0.15) is 11.3 Å². The molecule has 0 fully saturated rings. The van der Waals surface area contributed by atoms with Crippen molar-refractivity contribution < 1.29 is 4.74 Å². The molecule has 0 saturated heterocycles. The first-order valence-corrected chi connectivity index (χ1v) is 7.94.